The third-order valence-corrected chi connectivity index (χ3v) is 4.49. The lowest BCUT2D eigenvalue weighted by molar-refractivity contribution is -0.129. The normalized spacial score (nSPS) is 11.0. The first-order valence-corrected chi connectivity index (χ1v) is 10.3. The van der Waals surface area contributed by atoms with Crippen LogP contribution in [0.2, 0.25) is 0 Å². The van der Waals surface area contributed by atoms with Crippen LogP contribution in [0.1, 0.15) is 21.7 Å². The molecule has 0 saturated carbocycles. The van der Waals surface area contributed by atoms with E-state index in [-0.39, 0.29) is 17.9 Å². The molecule has 2 amide bonds. The molecule has 168 valence electrons. The van der Waals surface area contributed by atoms with Crippen LogP contribution in [0.25, 0.3) is 6.08 Å². The fourth-order valence-electron chi connectivity index (χ4n) is 2.50. The number of furan rings is 1. The number of amides is 2. The average Bonchev–Trinajstić information content (AvgIpc) is 3.31. The summed E-state index contributed by atoms with van der Waals surface area (Å²) in [7, 11) is 0. The van der Waals surface area contributed by atoms with E-state index < -0.39 is 23.6 Å². The van der Waals surface area contributed by atoms with Crippen LogP contribution in [0.5, 0.6) is 5.75 Å². The minimum atomic E-state index is -0.632. The van der Waals surface area contributed by atoms with Crippen molar-refractivity contribution in [2.75, 3.05) is 6.54 Å². The smallest absolute Gasteiger partial charge is 0.336 e. The zero-order chi connectivity index (χ0) is 23.6. The average molecular weight is 514 g/mol. The van der Waals surface area contributed by atoms with Crippen LogP contribution in [0.3, 0.4) is 0 Å². The molecule has 8 nitrogen and oxygen atoms in total. The SMILES string of the molecule is O=C(CNC(=O)c1cccc(F)c1)N/N=C\c1cc(Br)ccc1OC(=O)/C=C/c1ccco1. The van der Waals surface area contributed by atoms with E-state index in [1.165, 1.54) is 42.8 Å². The highest BCUT2D eigenvalue weighted by atomic mass is 79.9. The maximum Gasteiger partial charge on any atom is 0.336 e. The topological polar surface area (TPSA) is 110 Å². The third kappa shape index (κ3) is 7.54. The van der Waals surface area contributed by atoms with Crippen LogP contribution in [0.15, 0.2) is 80.9 Å². The minimum Gasteiger partial charge on any atom is -0.465 e. The fraction of sp³-hybridized carbons (Fsp3) is 0.0435. The summed E-state index contributed by atoms with van der Waals surface area (Å²) >= 11 is 3.32. The molecule has 2 aromatic carbocycles. The van der Waals surface area contributed by atoms with Crippen LogP contribution in [0, 0.1) is 5.82 Å². The van der Waals surface area contributed by atoms with Gasteiger partial charge >= 0.3 is 5.97 Å². The third-order valence-electron chi connectivity index (χ3n) is 4.00. The molecule has 0 unspecified atom stereocenters. The van der Waals surface area contributed by atoms with Crippen molar-refractivity contribution in [3.05, 3.63) is 94.1 Å². The molecular weight excluding hydrogens is 497 g/mol. The lowest BCUT2D eigenvalue weighted by Crippen LogP contribution is -2.34. The maximum absolute atomic E-state index is 13.2. The van der Waals surface area contributed by atoms with Gasteiger partial charge in [0.1, 0.15) is 17.3 Å². The number of rotatable bonds is 8. The Bertz CT molecular complexity index is 1210. The van der Waals surface area contributed by atoms with E-state index in [1.54, 1.807) is 30.3 Å². The van der Waals surface area contributed by atoms with E-state index in [0.29, 0.717) is 15.8 Å². The summed E-state index contributed by atoms with van der Waals surface area (Å²) in [6.45, 7) is -0.370. The van der Waals surface area contributed by atoms with Crippen molar-refractivity contribution >= 4 is 46.0 Å². The molecule has 0 aliphatic carbocycles. The number of hydrogen-bond donors (Lipinski definition) is 2. The second-order valence-electron chi connectivity index (χ2n) is 6.44. The Morgan fingerprint density at radius 2 is 1.97 bits per heavy atom. The zero-order valence-corrected chi connectivity index (χ0v) is 18.5. The summed E-state index contributed by atoms with van der Waals surface area (Å²) < 4.78 is 24.3. The number of nitrogens with zero attached hydrogens (tertiary/aromatic N) is 1. The Kier molecular flexibility index (Phi) is 8.25. The monoisotopic (exact) mass is 513 g/mol. The number of hydrazone groups is 1. The molecule has 0 saturated heterocycles. The van der Waals surface area contributed by atoms with Gasteiger partial charge in [0, 0.05) is 21.7 Å². The maximum atomic E-state index is 13.2. The van der Waals surface area contributed by atoms with Crippen LogP contribution < -0.4 is 15.5 Å². The number of esters is 1. The second-order valence-corrected chi connectivity index (χ2v) is 7.35. The van der Waals surface area contributed by atoms with Gasteiger partial charge in [0.25, 0.3) is 11.8 Å². The summed E-state index contributed by atoms with van der Waals surface area (Å²) in [4.78, 5) is 36.0. The van der Waals surface area contributed by atoms with Gasteiger partial charge in [-0.2, -0.15) is 5.10 Å². The first-order chi connectivity index (χ1) is 15.9. The summed E-state index contributed by atoms with van der Waals surface area (Å²) in [6.07, 6.45) is 5.45. The van der Waals surface area contributed by atoms with Crippen LogP contribution in [-0.2, 0) is 9.59 Å². The molecule has 0 atom stereocenters. The quantitative estimate of drug-likeness (QED) is 0.157. The summed E-state index contributed by atoms with van der Waals surface area (Å²) in [6, 6.07) is 13.3. The van der Waals surface area contributed by atoms with Crippen LogP contribution in [0.4, 0.5) is 4.39 Å². The first-order valence-electron chi connectivity index (χ1n) is 9.49. The van der Waals surface area contributed by atoms with Gasteiger partial charge in [-0.3, -0.25) is 9.59 Å². The molecule has 33 heavy (non-hydrogen) atoms. The molecule has 3 aromatic rings. The number of benzene rings is 2. The zero-order valence-electron chi connectivity index (χ0n) is 17.0. The van der Waals surface area contributed by atoms with Gasteiger partial charge in [0.05, 0.1) is 19.0 Å². The van der Waals surface area contributed by atoms with Gasteiger partial charge < -0.3 is 14.5 Å². The Hall–Kier alpha value is -4.05. The number of hydrogen-bond acceptors (Lipinski definition) is 6. The predicted octanol–water partition coefficient (Wildman–Crippen LogP) is 3.68. The standard InChI is InChI=1S/C23H17BrFN3O5/c24-17-6-8-20(33-22(30)9-7-19-5-2-10-32-19)16(11-17)13-27-28-21(29)14-26-23(31)15-3-1-4-18(25)12-15/h1-13H,14H2,(H,26,31)(H,28,29)/b9-7+,27-13-. The summed E-state index contributed by atoms with van der Waals surface area (Å²) in [5.41, 5.74) is 2.75. The largest absolute Gasteiger partial charge is 0.465 e. The highest BCUT2D eigenvalue weighted by Crippen LogP contribution is 2.22. The number of carbonyl (C=O) groups excluding carboxylic acids is 3. The van der Waals surface area contributed by atoms with E-state index in [9.17, 15) is 18.8 Å². The lowest BCUT2D eigenvalue weighted by Gasteiger charge is -2.06. The van der Waals surface area contributed by atoms with Gasteiger partial charge in [-0.1, -0.05) is 22.0 Å². The molecule has 0 aliphatic rings. The van der Waals surface area contributed by atoms with E-state index in [1.807, 2.05) is 0 Å². The molecule has 0 fully saturated rings. The number of carbonyl (C=O) groups is 3. The molecule has 2 N–H and O–H groups in total. The molecule has 3 rings (SSSR count). The molecule has 1 heterocycles. The Labute approximate surface area is 196 Å². The van der Waals surface area contributed by atoms with Crippen LogP contribution >= 0.6 is 15.9 Å². The highest BCUT2D eigenvalue weighted by molar-refractivity contribution is 9.10. The van der Waals surface area contributed by atoms with Gasteiger partial charge in [0.2, 0.25) is 0 Å². The molecule has 0 spiro atoms. The van der Waals surface area contributed by atoms with Crippen LogP contribution in [-0.4, -0.2) is 30.5 Å². The van der Waals surface area contributed by atoms with Gasteiger partial charge in [-0.25, -0.2) is 14.6 Å². The van der Waals surface area contributed by atoms with Crippen molar-refractivity contribution in [2.24, 2.45) is 5.10 Å². The first kappa shape index (κ1) is 23.6. The van der Waals surface area contributed by atoms with E-state index in [4.69, 9.17) is 9.15 Å². The Morgan fingerprint density at radius 3 is 2.73 bits per heavy atom. The van der Waals surface area contributed by atoms with Crippen molar-refractivity contribution in [3.8, 4) is 5.75 Å². The number of halogens is 2. The number of nitrogens with one attached hydrogen (secondary N) is 2. The molecule has 10 heteroatoms. The summed E-state index contributed by atoms with van der Waals surface area (Å²) in [5, 5.41) is 6.18. The fourth-order valence-corrected chi connectivity index (χ4v) is 2.88. The van der Waals surface area contributed by atoms with Crippen molar-refractivity contribution in [1.82, 2.24) is 10.7 Å². The number of ether oxygens (including phenoxy) is 1. The Balaban J connectivity index is 1.55. The van der Waals surface area contributed by atoms with Gasteiger partial charge in [0.15, 0.2) is 0 Å². The van der Waals surface area contributed by atoms with E-state index in [0.717, 1.165) is 6.07 Å². The summed E-state index contributed by atoms with van der Waals surface area (Å²) in [5.74, 6) is -1.68. The van der Waals surface area contributed by atoms with E-state index >= 15 is 0 Å². The molecule has 0 aliphatic heterocycles. The van der Waals surface area contributed by atoms with Crippen molar-refractivity contribution in [1.29, 1.82) is 0 Å². The molecular formula is C23H17BrFN3O5. The van der Waals surface area contributed by atoms with Crippen molar-refractivity contribution in [2.45, 2.75) is 0 Å². The lowest BCUT2D eigenvalue weighted by atomic mass is 10.2. The molecule has 1 aromatic heterocycles. The molecule has 0 radical (unpaired) electrons. The van der Waals surface area contributed by atoms with Gasteiger partial charge in [-0.05, 0) is 54.6 Å². The predicted molar refractivity (Wildman–Crippen MR) is 122 cm³/mol. The van der Waals surface area contributed by atoms with Crippen molar-refractivity contribution < 1.29 is 27.9 Å². The van der Waals surface area contributed by atoms with E-state index in [2.05, 4.69) is 31.8 Å². The molecule has 0 bridgehead atoms. The second kappa shape index (κ2) is 11.5. The minimum absolute atomic E-state index is 0.0907. The highest BCUT2D eigenvalue weighted by Gasteiger charge is 2.09. The Morgan fingerprint density at radius 1 is 1.12 bits per heavy atom. The van der Waals surface area contributed by atoms with Gasteiger partial charge in [-0.15, -0.1) is 0 Å². The van der Waals surface area contributed by atoms with Crippen molar-refractivity contribution in [3.63, 3.8) is 0 Å².